The van der Waals surface area contributed by atoms with E-state index in [2.05, 4.69) is 161 Å². The van der Waals surface area contributed by atoms with Crippen LogP contribution in [-0.2, 0) is 29.2 Å². The van der Waals surface area contributed by atoms with Crippen LogP contribution < -0.4 is 42.5 Å². The third-order valence-electron chi connectivity index (χ3n) is 17.7. The van der Waals surface area contributed by atoms with Crippen molar-refractivity contribution >= 4 is 0 Å². The number of aliphatic hydroxyl groups is 3. The maximum atomic E-state index is 12.3. The predicted molar refractivity (Wildman–Crippen MR) is 363 cm³/mol. The second kappa shape index (κ2) is 41.2. The molecule has 1 aromatic rings. The van der Waals surface area contributed by atoms with E-state index >= 15 is 0 Å². The van der Waals surface area contributed by atoms with Crippen molar-refractivity contribution in [3.63, 3.8) is 0 Å². The maximum Gasteiger partial charge on any atom is 0.223 e. The number of morpholine rings is 1. The number of aliphatic hydroxyl groups excluding tert-OH is 3. The summed E-state index contributed by atoms with van der Waals surface area (Å²) < 4.78 is 43.9. The number of hydrogen-bond donors (Lipinski definition) is 11. The first-order valence-electron chi connectivity index (χ1n) is 35.1. The van der Waals surface area contributed by atoms with Crippen LogP contribution in [0.2, 0.25) is 0 Å². The Morgan fingerprint density at radius 3 is 1.67 bits per heavy atom. The Labute approximate surface area is 547 Å². The summed E-state index contributed by atoms with van der Waals surface area (Å²) in [6.45, 7) is 57.4. The summed E-state index contributed by atoms with van der Waals surface area (Å²) in [5, 5.41) is 60.4. The van der Waals surface area contributed by atoms with Crippen molar-refractivity contribution in [2.24, 2.45) is 23.2 Å². The minimum absolute atomic E-state index is 0.00116. The molecule has 5 heterocycles. The van der Waals surface area contributed by atoms with Crippen LogP contribution in [0.25, 0.3) is 0 Å². The Bertz CT molecular complexity index is 2020. The number of halogens is 1. The highest BCUT2D eigenvalue weighted by Crippen LogP contribution is 2.55. The molecule has 0 amide bonds. The molecule has 21 heteroatoms. The number of aromatic nitrogens is 2. The summed E-state index contributed by atoms with van der Waals surface area (Å²) in [6.07, 6.45) is 8.29. The molecule has 0 bridgehead atoms. The molecule has 1 spiro atoms. The van der Waals surface area contributed by atoms with Gasteiger partial charge in [-0.25, -0.2) is 4.39 Å². The molecular weight excluding hydrogens is 1150 g/mol. The zero-order chi connectivity index (χ0) is 67.5. The van der Waals surface area contributed by atoms with E-state index in [1.54, 1.807) is 0 Å². The van der Waals surface area contributed by atoms with Gasteiger partial charge in [-0.05, 0) is 111 Å². The molecule has 12 atom stereocenters. The van der Waals surface area contributed by atoms with Gasteiger partial charge in [0.2, 0.25) is 5.89 Å². The molecule has 8 fully saturated rings. The highest BCUT2D eigenvalue weighted by atomic mass is 19.1. The highest BCUT2D eigenvalue weighted by molar-refractivity contribution is 5.27. The summed E-state index contributed by atoms with van der Waals surface area (Å²) in [6, 6.07) is 6.08. The molecule has 0 radical (unpaired) electrons. The maximum absolute atomic E-state index is 12.3. The van der Waals surface area contributed by atoms with Crippen LogP contribution in [0.4, 0.5) is 4.39 Å². The summed E-state index contributed by atoms with van der Waals surface area (Å²) in [7, 11) is 0. The van der Waals surface area contributed by atoms with E-state index in [1.807, 2.05) is 41.5 Å². The van der Waals surface area contributed by atoms with Crippen molar-refractivity contribution in [1.82, 2.24) is 57.6 Å². The van der Waals surface area contributed by atoms with Gasteiger partial charge >= 0.3 is 0 Å². The van der Waals surface area contributed by atoms with E-state index in [9.17, 15) is 19.7 Å². The van der Waals surface area contributed by atoms with Crippen molar-refractivity contribution in [2.45, 2.75) is 317 Å². The highest BCUT2D eigenvalue weighted by Gasteiger charge is 2.55. The van der Waals surface area contributed by atoms with Gasteiger partial charge in [-0.2, -0.15) is 4.98 Å². The SMILES string of the molecule is C=C1NCC(NC(C)C)C12CC2.CC(C)NC(C)(C)COC(C)F.CC(C)NC1CC(O)C(C)C1O.CC(C)NC1CC[C@@H](O)[C@@H](C)CC1.CC(C)NC1COCC1N1CCOCC1.CC(C)NC1COCCOC1.Cc1nc(C(C)(NC(C)C)C2CC2)no1. The summed E-state index contributed by atoms with van der Waals surface area (Å²) in [4.78, 5) is 6.85. The van der Waals surface area contributed by atoms with Crippen molar-refractivity contribution in [3.05, 3.63) is 24.0 Å². The first-order chi connectivity index (χ1) is 42.2. The molecule has 90 heavy (non-hydrogen) atoms. The molecule has 4 saturated carbocycles. The van der Waals surface area contributed by atoms with Crippen molar-refractivity contribution in [2.75, 3.05) is 79.1 Å². The second-order valence-electron chi connectivity index (χ2n) is 30.0. The standard InChI is InChI=1S/C11H19N3O.C11H22N2O2.C11H23NO.C10H18N2.C9H20FNO.C9H19NO2.C8H17NO2/c1-7(2)13-11(4,9-5-6-9)10-12-8(3)15-14-10;1-9(2)12-10-7-15-8-11(10)13-3-5-14-6-4-13;1-8(2)12-10-5-4-9(3)11(13)7-6-10;1-7(2)12-9-6-11-8(3)10(9)4-5-10;1-7(2)11-9(4,5)6-12-8(3)10;1-5(2)10-7-4-8(11)6(3)9(7)12;1-7(2)9-8-5-10-3-4-11-6-8/h7,9,13H,5-6H2,1-4H3;9-12H,3-8H2,1-2H3;8-13H,4-7H2,1-3H3;7,9,11-12H,3-6H2,1-2H3;7-8,11H,6H2,1-5H3;5-12H,4H2,1-3H3;7-9H,3-6H2,1-2H3/t;;9-,10?,11+;;;;/m..0..../s1. The Kier molecular flexibility index (Phi) is 37.6. The lowest BCUT2D eigenvalue weighted by Crippen LogP contribution is -2.54. The zero-order valence-electron chi connectivity index (χ0n) is 60.6. The molecule has 0 aromatic carbocycles. The topological polar surface area (TPSA) is 245 Å². The number of alkyl halides is 1. The lowest BCUT2D eigenvalue weighted by molar-refractivity contribution is -0.0478. The Morgan fingerprint density at radius 2 is 1.19 bits per heavy atom. The van der Waals surface area contributed by atoms with Gasteiger partial charge in [-0.1, -0.05) is 109 Å². The number of nitrogens with one attached hydrogen (secondary N) is 8. The van der Waals surface area contributed by atoms with Crippen molar-refractivity contribution in [1.29, 1.82) is 0 Å². The van der Waals surface area contributed by atoms with Crippen molar-refractivity contribution in [3.8, 4) is 0 Å². The number of ether oxygens (including phenoxy) is 5. The predicted octanol–water partition coefficient (Wildman–Crippen LogP) is 7.87. The third kappa shape index (κ3) is 31.2. The van der Waals surface area contributed by atoms with Crippen LogP contribution in [0, 0.1) is 30.1 Å². The normalized spacial score (nSPS) is 28.9. The van der Waals surface area contributed by atoms with Crippen LogP contribution in [0.15, 0.2) is 16.8 Å². The van der Waals surface area contributed by atoms with E-state index in [0.29, 0.717) is 109 Å². The molecule has 1 aromatic heterocycles. The minimum atomic E-state index is -1.18. The quantitative estimate of drug-likeness (QED) is 0.0556. The van der Waals surface area contributed by atoms with E-state index < -0.39 is 12.5 Å². The zero-order valence-corrected chi connectivity index (χ0v) is 60.6. The molecule has 4 saturated heterocycles. The summed E-state index contributed by atoms with van der Waals surface area (Å²) in [5.74, 6) is 2.58. The Morgan fingerprint density at radius 1 is 0.644 bits per heavy atom. The fraction of sp³-hybridized carbons (Fsp3) is 0.942. The van der Waals surface area contributed by atoms with Crippen LogP contribution in [0.1, 0.15) is 208 Å². The monoisotopic (exact) mass is 1280 g/mol. The molecule has 4 aliphatic carbocycles. The molecule has 530 valence electrons. The molecular formula is C69H138FN11O9. The average molecular weight is 1280 g/mol. The first-order valence-corrected chi connectivity index (χ1v) is 35.1. The van der Waals surface area contributed by atoms with Gasteiger partial charge in [0.05, 0.1) is 95.4 Å². The Hall–Kier alpha value is -2.03. The van der Waals surface area contributed by atoms with Gasteiger partial charge < -0.3 is 86.1 Å². The second-order valence-corrected chi connectivity index (χ2v) is 30.0. The molecule has 8 aliphatic rings. The molecule has 11 N–H and O–H groups in total. The van der Waals surface area contributed by atoms with Gasteiger partial charge in [0.1, 0.15) is 0 Å². The van der Waals surface area contributed by atoms with Crippen molar-refractivity contribution < 1.29 is 47.9 Å². The van der Waals surface area contributed by atoms with E-state index in [0.717, 1.165) is 97.6 Å². The van der Waals surface area contributed by atoms with Gasteiger partial charge in [0.15, 0.2) is 12.2 Å². The van der Waals surface area contributed by atoms with E-state index in [1.165, 1.54) is 44.7 Å². The number of aryl methyl sites for hydroxylation is 1. The smallest absolute Gasteiger partial charge is 0.223 e. The van der Waals surface area contributed by atoms with Gasteiger partial charge in [0.25, 0.3) is 0 Å². The molecule has 10 unspecified atom stereocenters. The Balaban J connectivity index is 0.000000275. The van der Waals surface area contributed by atoms with E-state index in [-0.39, 0.29) is 35.2 Å². The molecule has 4 aliphatic heterocycles. The number of hydrogen-bond acceptors (Lipinski definition) is 20. The fourth-order valence-electron chi connectivity index (χ4n) is 13.0. The van der Waals surface area contributed by atoms with E-state index in [4.69, 9.17) is 28.2 Å². The molecule has 20 nitrogen and oxygen atoms in total. The van der Waals surface area contributed by atoms with Crippen LogP contribution in [0.5, 0.6) is 0 Å². The summed E-state index contributed by atoms with van der Waals surface area (Å²) in [5.41, 5.74) is 1.42. The lowest BCUT2D eigenvalue weighted by atomic mass is 9.94. The van der Waals surface area contributed by atoms with Gasteiger partial charge in [0, 0.05) is 116 Å². The fourth-order valence-corrected chi connectivity index (χ4v) is 13.0. The largest absolute Gasteiger partial charge is 0.393 e. The van der Waals surface area contributed by atoms with Gasteiger partial charge in [-0.3, -0.25) is 4.90 Å². The first kappa shape index (κ1) is 82.2. The third-order valence-corrected chi connectivity index (χ3v) is 17.7. The number of nitrogens with zero attached hydrogens (tertiary/aromatic N) is 3. The summed E-state index contributed by atoms with van der Waals surface area (Å²) >= 11 is 0. The van der Waals surface area contributed by atoms with Crippen LogP contribution >= 0.6 is 0 Å². The molecule has 9 rings (SSSR count). The van der Waals surface area contributed by atoms with Gasteiger partial charge in [-0.15, -0.1) is 0 Å². The van der Waals surface area contributed by atoms with Crippen LogP contribution in [-0.4, -0.2) is 218 Å². The lowest BCUT2D eigenvalue weighted by Gasteiger charge is -2.35. The average Bonchev–Trinajstić information content (AvgIpc) is 1.64. The minimum Gasteiger partial charge on any atom is -0.393 e. The van der Waals surface area contributed by atoms with Crippen LogP contribution in [0.3, 0.4) is 0 Å². The number of rotatable bonds is 20.